The van der Waals surface area contributed by atoms with Crippen molar-refractivity contribution in [2.45, 2.75) is 6.92 Å². The van der Waals surface area contributed by atoms with Crippen LogP contribution in [0.2, 0.25) is 0 Å². The lowest BCUT2D eigenvalue weighted by Gasteiger charge is -1.91. The topological polar surface area (TPSA) is 37.8 Å². The zero-order valence-corrected chi connectivity index (χ0v) is 7.56. The minimum atomic E-state index is 0.832. The first-order chi connectivity index (χ1) is 5.90. The van der Waals surface area contributed by atoms with Gasteiger partial charge >= 0.3 is 0 Å². The first-order valence-electron chi connectivity index (χ1n) is 3.85. The highest BCUT2D eigenvalue weighted by atomic mass is 32.1. The van der Waals surface area contributed by atoms with Crippen LogP contribution >= 0.6 is 11.3 Å². The monoisotopic (exact) mass is 179 g/mol. The van der Waals surface area contributed by atoms with Gasteiger partial charge < -0.3 is 5.32 Å². The molecule has 0 saturated carbocycles. The Labute approximate surface area is 74.5 Å². The van der Waals surface area contributed by atoms with Gasteiger partial charge in [0.1, 0.15) is 0 Å². The minimum absolute atomic E-state index is 0.832. The van der Waals surface area contributed by atoms with Gasteiger partial charge in [0, 0.05) is 12.7 Å². The summed E-state index contributed by atoms with van der Waals surface area (Å²) < 4.78 is 1.13. The van der Waals surface area contributed by atoms with Gasteiger partial charge in [0.2, 0.25) is 0 Å². The molecule has 1 N–H and O–H groups in total. The van der Waals surface area contributed by atoms with E-state index >= 15 is 0 Å². The summed E-state index contributed by atoms with van der Waals surface area (Å²) in [5.74, 6) is 0. The number of fused-ring (bicyclic) bond motifs is 1. The lowest BCUT2D eigenvalue weighted by atomic mass is 10.5. The second kappa shape index (κ2) is 3.06. The average Bonchev–Trinajstić information content (AvgIpc) is 2.47. The summed E-state index contributed by atoms with van der Waals surface area (Å²) in [6.07, 6.45) is 1.76. The molecule has 0 saturated heterocycles. The number of aromatic nitrogens is 2. The van der Waals surface area contributed by atoms with Gasteiger partial charge in [0.25, 0.3) is 0 Å². The predicted octanol–water partition coefficient (Wildman–Crippen LogP) is 2.12. The van der Waals surface area contributed by atoms with E-state index in [0.717, 1.165) is 22.0 Å². The molecule has 2 aromatic heterocycles. The molecular weight excluding hydrogens is 170 g/mol. The van der Waals surface area contributed by atoms with Gasteiger partial charge in [-0.15, -0.1) is 0 Å². The molecule has 0 atom stereocenters. The molecule has 0 unspecified atom stereocenters. The van der Waals surface area contributed by atoms with Gasteiger partial charge in [-0.05, 0) is 19.1 Å². The molecule has 0 fully saturated rings. The van der Waals surface area contributed by atoms with E-state index in [1.54, 1.807) is 17.5 Å². The van der Waals surface area contributed by atoms with Crippen molar-refractivity contribution in [1.82, 2.24) is 9.97 Å². The fraction of sp³-hybridized carbons (Fsp3) is 0.250. The van der Waals surface area contributed by atoms with Crippen LogP contribution in [0, 0.1) is 0 Å². The zero-order valence-electron chi connectivity index (χ0n) is 6.74. The van der Waals surface area contributed by atoms with Crippen LogP contribution in [0.5, 0.6) is 0 Å². The van der Waals surface area contributed by atoms with Gasteiger partial charge in [-0.3, -0.25) is 0 Å². The van der Waals surface area contributed by atoms with E-state index in [1.807, 2.05) is 12.1 Å². The van der Waals surface area contributed by atoms with E-state index in [0.29, 0.717) is 0 Å². The highest BCUT2D eigenvalue weighted by Crippen LogP contribution is 2.23. The summed E-state index contributed by atoms with van der Waals surface area (Å²) in [5.41, 5.74) is 0.832. The number of nitrogens with one attached hydrogen (secondary N) is 1. The Morgan fingerprint density at radius 2 is 2.50 bits per heavy atom. The summed E-state index contributed by atoms with van der Waals surface area (Å²) in [7, 11) is 0. The van der Waals surface area contributed by atoms with E-state index in [-0.39, 0.29) is 0 Å². The molecule has 0 aliphatic heterocycles. The maximum Gasteiger partial charge on any atom is 0.185 e. The normalized spacial score (nSPS) is 10.4. The number of hydrogen-bond donors (Lipinski definition) is 1. The molecule has 0 radical (unpaired) electrons. The van der Waals surface area contributed by atoms with Crippen LogP contribution in [0.1, 0.15) is 6.92 Å². The lowest BCUT2D eigenvalue weighted by Crippen LogP contribution is -1.94. The first-order valence-corrected chi connectivity index (χ1v) is 4.67. The molecule has 0 aromatic carbocycles. The largest absolute Gasteiger partial charge is 0.362 e. The zero-order chi connectivity index (χ0) is 8.39. The van der Waals surface area contributed by atoms with Crippen LogP contribution in [-0.4, -0.2) is 16.5 Å². The molecule has 2 rings (SSSR count). The van der Waals surface area contributed by atoms with Crippen LogP contribution in [0.25, 0.3) is 10.3 Å². The van der Waals surface area contributed by atoms with Gasteiger partial charge in [-0.2, -0.15) is 0 Å². The molecule has 12 heavy (non-hydrogen) atoms. The molecular formula is C8H9N3S. The predicted molar refractivity (Wildman–Crippen MR) is 51.6 cm³/mol. The quantitative estimate of drug-likeness (QED) is 0.767. The molecule has 0 spiro atoms. The number of anilines is 1. The first kappa shape index (κ1) is 7.49. The Morgan fingerprint density at radius 1 is 1.58 bits per heavy atom. The maximum absolute atomic E-state index is 4.30. The second-order valence-electron chi connectivity index (χ2n) is 2.37. The van der Waals surface area contributed by atoms with E-state index in [1.165, 1.54) is 0 Å². The standard InChI is InChI=1S/C8H9N3S/c1-2-9-8-11-7-6(12-8)4-3-5-10-7/h3-5H,2H2,1H3,(H,9,10,11). The molecule has 62 valence electrons. The smallest absolute Gasteiger partial charge is 0.185 e. The molecule has 0 aliphatic rings. The Bertz CT molecular complexity index is 349. The molecule has 2 heterocycles. The Hall–Kier alpha value is -1.16. The van der Waals surface area contributed by atoms with E-state index in [2.05, 4.69) is 22.2 Å². The van der Waals surface area contributed by atoms with Crippen molar-refractivity contribution in [2.75, 3.05) is 11.9 Å². The Morgan fingerprint density at radius 3 is 3.25 bits per heavy atom. The van der Waals surface area contributed by atoms with Crippen molar-refractivity contribution in [3.63, 3.8) is 0 Å². The summed E-state index contributed by atoms with van der Waals surface area (Å²) in [6.45, 7) is 2.96. The van der Waals surface area contributed by atoms with E-state index < -0.39 is 0 Å². The van der Waals surface area contributed by atoms with Crippen LogP contribution in [0.3, 0.4) is 0 Å². The summed E-state index contributed by atoms with van der Waals surface area (Å²) in [5, 5.41) is 4.11. The average molecular weight is 179 g/mol. The van der Waals surface area contributed by atoms with Crippen molar-refractivity contribution in [3.8, 4) is 0 Å². The van der Waals surface area contributed by atoms with Crippen molar-refractivity contribution in [2.24, 2.45) is 0 Å². The van der Waals surface area contributed by atoms with Crippen LogP contribution in [-0.2, 0) is 0 Å². The van der Waals surface area contributed by atoms with Crippen LogP contribution in [0.15, 0.2) is 18.3 Å². The fourth-order valence-corrected chi connectivity index (χ4v) is 1.89. The summed E-state index contributed by atoms with van der Waals surface area (Å²) in [6, 6.07) is 3.96. The lowest BCUT2D eigenvalue weighted by molar-refractivity contribution is 1.19. The minimum Gasteiger partial charge on any atom is -0.362 e. The number of pyridine rings is 1. The molecule has 4 heteroatoms. The Kier molecular flexibility index (Phi) is 1.91. The van der Waals surface area contributed by atoms with Crippen molar-refractivity contribution in [3.05, 3.63) is 18.3 Å². The van der Waals surface area contributed by atoms with Crippen LogP contribution in [0.4, 0.5) is 5.13 Å². The third-order valence-corrected chi connectivity index (χ3v) is 2.46. The molecule has 0 amide bonds. The van der Waals surface area contributed by atoms with Crippen LogP contribution < -0.4 is 5.32 Å². The molecule has 0 aliphatic carbocycles. The van der Waals surface area contributed by atoms with E-state index in [4.69, 9.17) is 0 Å². The highest BCUT2D eigenvalue weighted by molar-refractivity contribution is 7.22. The second-order valence-corrected chi connectivity index (χ2v) is 3.41. The molecule has 3 nitrogen and oxygen atoms in total. The third kappa shape index (κ3) is 1.25. The third-order valence-electron chi connectivity index (χ3n) is 1.49. The van der Waals surface area contributed by atoms with Gasteiger partial charge in [-0.25, -0.2) is 9.97 Å². The maximum atomic E-state index is 4.30. The molecule has 0 bridgehead atoms. The number of rotatable bonds is 2. The number of hydrogen-bond acceptors (Lipinski definition) is 4. The fourth-order valence-electron chi connectivity index (χ4n) is 0.996. The SMILES string of the molecule is CCNc1nc2ncccc2s1. The molecule has 2 aromatic rings. The van der Waals surface area contributed by atoms with Gasteiger partial charge in [0.05, 0.1) is 4.70 Å². The van der Waals surface area contributed by atoms with Crippen molar-refractivity contribution < 1.29 is 0 Å². The van der Waals surface area contributed by atoms with Gasteiger partial charge in [0.15, 0.2) is 10.8 Å². The van der Waals surface area contributed by atoms with E-state index in [9.17, 15) is 0 Å². The Balaban J connectivity index is 2.47. The van der Waals surface area contributed by atoms with Crippen molar-refractivity contribution in [1.29, 1.82) is 0 Å². The summed E-state index contributed by atoms with van der Waals surface area (Å²) in [4.78, 5) is 8.44. The summed E-state index contributed by atoms with van der Waals surface area (Å²) >= 11 is 1.64. The number of thiazole rings is 1. The van der Waals surface area contributed by atoms with Crippen molar-refractivity contribution >= 4 is 26.8 Å². The highest BCUT2D eigenvalue weighted by Gasteiger charge is 2.00. The number of nitrogens with zero attached hydrogens (tertiary/aromatic N) is 2. The van der Waals surface area contributed by atoms with Gasteiger partial charge in [-0.1, -0.05) is 11.3 Å².